The van der Waals surface area contributed by atoms with Gasteiger partial charge >= 0.3 is 17.9 Å². The first kappa shape index (κ1) is 28.5. The minimum Gasteiger partial charge on any atom is -0.494 e. The fraction of sp³-hybridized carbons (Fsp3) is 0.844. The quantitative estimate of drug-likeness (QED) is 0.263. The molecule has 5 rings (SSSR count). The van der Waals surface area contributed by atoms with Crippen molar-refractivity contribution in [2.75, 3.05) is 6.61 Å². The number of hydrogen-bond donors (Lipinski definition) is 1. The second-order valence-electron chi connectivity index (χ2n) is 13.8. The molecule has 0 aromatic rings. The van der Waals surface area contributed by atoms with Gasteiger partial charge in [0, 0.05) is 19.3 Å². The number of rotatable bonds is 9. The van der Waals surface area contributed by atoms with Crippen molar-refractivity contribution < 1.29 is 33.7 Å². The number of carboxylic acid groups (broad SMARTS) is 1. The predicted octanol–water partition coefficient (Wildman–Crippen LogP) is 6.44. The van der Waals surface area contributed by atoms with E-state index in [1.807, 2.05) is 0 Å². The summed E-state index contributed by atoms with van der Waals surface area (Å²) in [5, 5.41) is 8.87. The normalized spacial score (nSPS) is 40.6. The lowest BCUT2D eigenvalue weighted by Crippen LogP contribution is -2.54. The summed E-state index contributed by atoms with van der Waals surface area (Å²) in [6.45, 7) is 9.33. The third-order valence-electron chi connectivity index (χ3n) is 11.8. The number of carbonyl (C=O) groups is 3. The van der Waals surface area contributed by atoms with Crippen molar-refractivity contribution in [3.8, 4) is 0 Å². The zero-order valence-corrected chi connectivity index (χ0v) is 24.3. The third-order valence-corrected chi connectivity index (χ3v) is 11.8. The molecule has 0 amide bonds. The maximum atomic E-state index is 12.2. The Hall–Kier alpha value is -2.05. The lowest BCUT2D eigenvalue weighted by Gasteiger charge is -2.61. The predicted molar refractivity (Wildman–Crippen MR) is 145 cm³/mol. The molecule has 9 atom stereocenters. The first-order valence-electron chi connectivity index (χ1n) is 15.4. The zero-order valence-electron chi connectivity index (χ0n) is 24.3. The Morgan fingerprint density at radius 3 is 2.49 bits per heavy atom. The number of esters is 2. The summed E-state index contributed by atoms with van der Waals surface area (Å²) in [6, 6.07) is 0. The van der Waals surface area contributed by atoms with Crippen molar-refractivity contribution in [1.82, 2.24) is 0 Å². The van der Waals surface area contributed by atoms with E-state index in [0.29, 0.717) is 41.3 Å². The van der Waals surface area contributed by atoms with Gasteiger partial charge in [-0.2, -0.15) is 0 Å². The van der Waals surface area contributed by atoms with E-state index in [0.717, 1.165) is 50.4 Å². The van der Waals surface area contributed by atoms with Crippen molar-refractivity contribution in [1.29, 1.82) is 0 Å². The number of carbonyl (C=O) groups excluding carboxylic acids is 2. The van der Waals surface area contributed by atoms with Gasteiger partial charge in [0.05, 0.1) is 25.2 Å². The maximum absolute atomic E-state index is 12.2. The van der Waals surface area contributed by atoms with Crippen molar-refractivity contribution in [3.05, 3.63) is 11.3 Å². The number of unbranched alkanes of at least 4 members (excludes halogenated alkanes) is 1. The fourth-order valence-corrected chi connectivity index (χ4v) is 9.97. The van der Waals surface area contributed by atoms with Gasteiger partial charge in [0.1, 0.15) is 12.2 Å². The topological polar surface area (TPSA) is 99.1 Å². The van der Waals surface area contributed by atoms with Gasteiger partial charge in [-0.25, -0.2) is 0 Å². The molecule has 4 aliphatic carbocycles. The molecule has 0 aromatic heterocycles. The summed E-state index contributed by atoms with van der Waals surface area (Å²) in [5.41, 5.74) is 2.07. The van der Waals surface area contributed by atoms with Crippen molar-refractivity contribution in [3.63, 3.8) is 0 Å². The summed E-state index contributed by atoms with van der Waals surface area (Å²) in [5.74, 6) is 2.94. The Bertz CT molecular complexity index is 1000. The third kappa shape index (κ3) is 5.36. The molecular weight excluding hydrogens is 496 g/mol. The lowest BCUT2D eigenvalue weighted by molar-refractivity contribution is -0.163. The summed E-state index contributed by atoms with van der Waals surface area (Å²) in [4.78, 5) is 34.0. The highest BCUT2D eigenvalue weighted by Gasteiger charge is 2.64. The number of ether oxygens (including phenoxy) is 3. The Kier molecular flexibility index (Phi) is 8.09. The number of carboxylic acids is 1. The molecular formula is C32H48O7. The van der Waals surface area contributed by atoms with E-state index in [4.69, 9.17) is 19.3 Å². The Morgan fingerprint density at radius 2 is 1.74 bits per heavy atom. The van der Waals surface area contributed by atoms with Gasteiger partial charge < -0.3 is 19.3 Å². The van der Waals surface area contributed by atoms with Crippen LogP contribution in [0, 0.1) is 40.4 Å². The largest absolute Gasteiger partial charge is 0.494 e. The van der Waals surface area contributed by atoms with Crippen LogP contribution in [0.2, 0.25) is 0 Å². The van der Waals surface area contributed by atoms with Crippen LogP contribution in [0.4, 0.5) is 0 Å². The molecule has 1 N–H and O–H groups in total. The van der Waals surface area contributed by atoms with Crippen LogP contribution in [0.1, 0.15) is 111 Å². The van der Waals surface area contributed by atoms with E-state index in [1.54, 1.807) is 0 Å². The Morgan fingerprint density at radius 1 is 0.974 bits per heavy atom. The Balaban J connectivity index is 1.20. The molecule has 218 valence electrons. The average Bonchev–Trinajstić information content (AvgIpc) is 3.35. The van der Waals surface area contributed by atoms with Gasteiger partial charge in [0.15, 0.2) is 0 Å². The zero-order chi connectivity index (χ0) is 27.9. The monoisotopic (exact) mass is 544 g/mol. The van der Waals surface area contributed by atoms with Crippen LogP contribution in [0.3, 0.4) is 0 Å². The van der Waals surface area contributed by atoms with Crippen LogP contribution < -0.4 is 0 Å². The molecule has 0 saturated heterocycles. The van der Waals surface area contributed by atoms with E-state index in [9.17, 15) is 14.4 Å². The van der Waals surface area contributed by atoms with Gasteiger partial charge in [0.25, 0.3) is 0 Å². The summed E-state index contributed by atoms with van der Waals surface area (Å²) in [7, 11) is 0. The highest BCUT2D eigenvalue weighted by molar-refractivity contribution is 5.76. The van der Waals surface area contributed by atoms with E-state index >= 15 is 0 Å². The van der Waals surface area contributed by atoms with Crippen LogP contribution in [0.25, 0.3) is 0 Å². The molecule has 1 aliphatic heterocycles. The SMILES string of the molecule is CC(=O)OCCCCC1=C(C)[C@H]2[C@@H](C[C@H]3[C@@H]4CC[C@H]5C[C@H](OC(=O)CCC(=O)O)CC[C@]5(C)[C@H]4CC[C@@]32C)O1. The van der Waals surface area contributed by atoms with Gasteiger partial charge in [-0.15, -0.1) is 0 Å². The minimum absolute atomic E-state index is 0.0347. The second kappa shape index (κ2) is 11.1. The van der Waals surface area contributed by atoms with Crippen LogP contribution in [-0.4, -0.2) is 41.8 Å². The molecule has 1 heterocycles. The van der Waals surface area contributed by atoms with Crippen LogP contribution in [-0.2, 0) is 28.6 Å². The molecule has 0 radical (unpaired) electrons. The number of hydrogen-bond acceptors (Lipinski definition) is 6. The van der Waals surface area contributed by atoms with Crippen molar-refractivity contribution >= 4 is 17.9 Å². The smallest absolute Gasteiger partial charge is 0.306 e. The van der Waals surface area contributed by atoms with Gasteiger partial charge in [-0.3, -0.25) is 14.4 Å². The number of fused-ring (bicyclic) bond motifs is 7. The highest BCUT2D eigenvalue weighted by Crippen LogP contribution is 2.69. The fourth-order valence-electron chi connectivity index (χ4n) is 9.97. The van der Waals surface area contributed by atoms with Crippen LogP contribution in [0.15, 0.2) is 11.3 Å². The molecule has 4 saturated carbocycles. The number of allylic oxidation sites excluding steroid dienone is 1. The molecule has 5 aliphatic rings. The number of aliphatic carboxylic acids is 1. The molecule has 7 nitrogen and oxygen atoms in total. The summed E-state index contributed by atoms with van der Waals surface area (Å²) >= 11 is 0. The second-order valence-corrected chi connectivity index (χ2v) is 13.8. The summed E-state index contributed by atoms with van der Waals surface area (Å²) in [6.07, 6.45) is 12.0. The molecule has 0 spiro atoms. The Labute approximate surface area is 233 Å². The summed E-state index contributed by atoms with van der Waals surface area (Å²) < 4.78 is 17.5. The lowest BCUT2D eigenvalue weighted by atomic mass is 9.44. The van der Waals surface area contributed by atoms with E-state index in [2.05, 4.69) is 20.8 Å². The van der Waals surface area contributed by atoms with Gasteiger partial charge in [-0.05, 0) is 111 Å². The highest BCUT2D eigenvalue weighted by atomic mass is 16.5. The standard InChI is InChI=1S/C32H48O7/c1-19-26(7-5-6-16-37-20(2)33)39-27-18-25-23-9-8-21-17-22(38-29(36)11-10-28(34)35)12-14-31(21,3)24(23)13-15-32(25,4)30(19)27/h21-25,27,30H,5-18H2,1-4H3,(H,34,35)/t21-,22+,23+,24-,25-,27+,30-,31-,32-/m0/s1. The maximum Gasteiger partial charge on any atom is 0.306 e. The van der Waals surface area contributed by atoms with E-state index in [1.165, 1.54) is 50.4 Å². The molecule has 39 heavy (non-hydrogen) atoms. The van der Waals surface area contributed by atoms with Crippen LogP contribution >= 0.6 is 0 Å². The van der Waals surface area contributed by atoms with E-state index in [-0.39, 0.29) is 30.9 Å². The van der Waals surface area contributed by atoms with Gasteiger partial charge in [-0.1, -0.05) is 13.8 Å². The molecule has 7 heteroatoms. The molecule has 0 unspecified atom stereocenters. The first-order chi connectivity index (χ1) is 18.5. The molecule has 0 aromatic carbocycles. The van der Waals surface area contributed by atoms with E-state index < -0.39 is 5.97 Å². The first-order valence-corrected chi connectivity index (χ1v) is 15.4. The molecule has 4 fully saturated rings. The van der Waals surface area contributed by atoms with Crippen LogP contribution in [0.5, 0.6) is 0 Å². The molecule has 0 bridgehead atoms. The van der Waals surface area contributed by atoms with Crippen molar-refractivity contribution in [2.45, 2.75) is 123 Å². The minimum atomic E-state index is -0.953. The van der Waals surface area contributed by atoms with Gasteiger partial charge in [0.2, 0.25) is 0 Å². The average molecular weight is 545 g/mol. The van der Waals surface area contributed by atoms with Crippen molar-refractivity contribution in [2.24, 2.45) is 40.4 Å².